The van der Waals surface area contributed by atoms with E-state index in [1.54, 1.807) is 6.07 Å². The van der Waals surface area contributed by atoms with E-state index in [0.717, 1.165) is 35.4 Å². The van der Waals surface area contributed by atoms with Gasteiger partial charge in [-0.1, -0.05) is 13.3 Å². The molecule has 1 aromatic rings. The molecule has 0 radical (unpaired) electrons. The second-order valence-electron chi connectivity index (χ2n) is 5.40. The van der Waals surface area contributed by atoms with Crippen LogP contribution in [0.1, 0.15) is 49.4 Å². The van der Waals surface area contributed by atoms with Crippen molar-refractivity contribution in [3.63, 3.8) is 0 Å². The summed E-state index contributed by atoms with van der Waals surface area (Å²) < 4.78 is 0.944. The lowest BCUT2D eigenvalue weighted by atomic mass is 9.78. The van der Waals surface area contributed by atoms with E-state index in [0.29, 0.717) is 12.1 Å². The second kappa shape index (κ2) is 6.37. The third-order valence-corrected chi connectivity index (χ3v) is 5.53. The van der Waals surface area contributed by atoms with Crippen LogP contribution in [0, 0.1) is 5.92 Å². The molecule has 3 nitrogen and oxygen atoms in total. The smallest absolute Gasteiger partial charge is 0.252 e. The molecule has 1 aromatic heterocycles. The van der Waals surface area contributed by atoms with E-state index in [-0.39, 0.29) is 5.91 Å². The van der Waals surface area contributed by atoms with E-state index in [2.05, 4.69) is 28.2 Å². The molecular formula is C14H20BrNO2S. The molecule has 0 saturated heterocycles. The van der Waals surface area contributed by atoms with E-state index in [4.69, 9.17) is 0 Å². The summed E-state index contributed by atoms with van der Waals surface area (Å²) in [5, 5.41) is 15.1. The summed E-state index contributed by atoms with van der Waals surface area (Å²) >= 11 is 4.83. The number of hydrogen-bond donors (Lipinski definition) is 2. The predicted octanol–water partition coefficient (Wildman–Crippen LogP) is 3.57. The highest BCUT2D eigenvalue weighted by molar-refractivity contribution is 9.11. The summed E-state index contributed by atoms with van der Waals surface area (Å²) in [6.07, 6.45) is 4.89. The maximum absolute atomic E-state index is 11.9. The summed E-state index contributed by atoms with van der Waals surface area (Å²) in [5.74, 6) is 0.636. The molecule has 19 heavy (non-hydrogen) atoms. The van der Waals surface area contributed by atoms with Crippen LogP contribution in [0.5, 0.6) is 0 Å². The van der Waals surface area contributed by atoms with Gasteiger partial charge < -0.3 is 10.4 Å². The predicted molar refractivity (Wildman–Crippen MR) is 81.6 cm³/mol. The van der Waals surface area contributed by atoms with Crippen molar-refractivity contribution >= 4 is 33.2 Å². The Labute approximate surface area is 126 Å². The number of carbonyl (C=O) groups is 1. The minimum Gasteiger partial charge on any atom is -0.388 e. The second-order valence-corrected chi connectivity index (χ2v) is 7.69. The number of amides is 1. The number of aliphatic hydroxyl groups is 1. The first-order valence-electron chi connectivity index (χ1n) is 6.77. The van der Waals surface area contributed by atoms with Crippen molar-refractivity contribution in [1.82, 2.24) is 5.32 Å². The van der Waals surface area contributed by atoms with Crippen LogP contribution < -0.4 is 5.32 Å². The average Bonchev–Trinajstić information content (AvgIpc) is 2.84. The first kappa shape index (κ1) is 15.0. The lowest BCUT2D eigenvalue weighted by Gasteiger charge is -2.35. The van der Waals surface area contributed by atoms with Crippen LogP contribution in [0.2, 0.25) is 0 Å². The van der Waals surface area contributed by atoms with Crippen molar-refractivity contribution in [2.45, 2.75) is 44.6 Å². The van der Waals surface area contributed by atoms with Crippen LogP contribution in [0.15, 0.2) is 15.2 Å². The molecule has 0 aromatic carbocycles. The van der Waals surface area contributed by atoms with E-state index in [9.17, 15) is 9.90 Å². The molecule has 0 spiro atoms. The van der Waals surface area contributed by atoms with Crippen molar-refractivity contribution in [3.8, 4) is 0 Å². The maximum Gasteiger partial charge on any atom is 0.252 e. The van der Waals surface area contributed by atoms with Crippen LogP contribution in [0.3, 0.4) is 0 Å². The highest BCUT2D eigenvalue weighted by atomic mass is 79.9. The van der Waals surface area contributed by atoms with Crippen molar-refractivity contribution in [2.75, 3.05) is 6.54 Å². The van der Waals surface area contributed by atoms with Crippen LogP contribution in [-0.4, -0.2) is 23.2 Å². The van der Waals surface area contributed by atoms with Gasteiger partial charge in [-0.05, 0) is 53.6 Å². The van der Waals surface area contributed by atoms with Crippen molar-refractivity contribution in [1.29, 1.82) is 0 Å². The molecule has 1 aliphatic carbocycles. The fourth-order valence-corrected chi connectivity index (χ4v) is 3.71. The number of nitrogens with one attached hydrogen (secondary N) is 1. The third kappa shape index (κ3) is 4.04. The number of carbonyl (C=O) groups excluding carboxylic acids is 1. The van der Waals surface area contributed by atoms with E-state index < -0.39 is 5.60 Å². The summed E-state index contributed by atoms with van der Waals surface area (Å²) in [6, 6.07) is 1.80. The van der Waals surface area contributed by atoms with Gasteiger partial charge in [0.2, 0.25) is 0 Å². The molecule has 2 rings (SSSR count). The minimum absolute atomic E-state index is 0.104. The van der Waals surface area contributed by atoms with Gasteiger partial charge in [0.25, 0.3) is 5.91 Å². The SMILES string of the molecule is CCC1CCC(O)(CNC(=O)c2csc(Br)c2)CC1. The summed E-state index contributed by atoms with van der Waals surface area (Å²) in [7, 11) is 0. The van der Waals surface area contributed by atoms with Crippen LogP contribution in [0.4, 0.5) is 0 Å². The van der Waals surface area contributed by atoms with Gasteiger partial charge in [0.15, 0.2) is 0 Å². The van der Waals surface area contributed by atoms with Gasteiger partial charge in [0.05, 0.1) is 15.0 Å². The Balaban J connectivity index is 1.83. The summed E-state index contributed by atoms with van der Waals surface area (Å²) in [5.41, 5.74) is -0.0584. The quantitative estimate of drug-likeness (QED) is 0.876. The van der Waals surface area contributed by atoms with Crippen LogP contribution >= 0.6 is 27.3 Å². The van der Waals surface area contributed by atoms with Crippen LogP contribution in [-0.2, 0) is 0 Å². The summed E-state index contributed by atoms with van der Waals surface area (Å²) in [4.78, 5) is 11.9. The van der Waals surface area contributed by atoms with Gasteiger partial charge in [-0.25, -0.2) is 0 Å². The van der Waals surface area contributed by atoms with Gasteiger partial charge in [-0.3, -0.25) is 4.79 Å². The molecule has 1 fully saturated rings. The Hall–Kier alpha value is -0.390. The minimum atomic E-state index is -0.714. The zero-order valence-electron chi connectivity index (χ0n) is 11.1. The lowest BCUT2D eigenvalue weighted by molar-refractivity contribution is -0.00786. The van der Waals surface area contributed by atoms with Crippen molar-refractivity contribution in [3.05, 3.63) is 20.8 Å². The molecule has 106 valence electrons. The normalized spacial score (nSPS) is 27.2. The molecule has 0 unspecified atom stereocenters. The largest absolute Gasteiger partial charge is 0.388 e. The van der Waals surface area contributed by atoms with Crippen molar-refractivity contribution < 1.29 is 9.90 Å². The Morgan fingerprint density at radius 3 is 2.79 bits per heavy atom. The fourth-order valence-electron chi connectivity index (χ4n) is 2.58. The highest BCUT2D eigenvalue weighted by Crippen LogP contribution is 2.33. The van der Waals surface area contributed by atoms with Crippen LogP contribution in [0.25, 0.3) is 0 Å². The first-order valence-corrected chi connectivity index (χ1v) is 8.44. The molecule has 0 aliphatic heterocycles. The fraction of sp³-hybridized carbons (Fsp3) is 0.643. The van der Waals surface area contributed by atoms with Crippen molar-refractivity contribution in [2.24, 2.45) is 5.92 Å². The van der Waals surface area contributed by atoms with Gasteiger partial charge in [0.1, 0.15) is 0 Å². The van der Waals surface area contributed by atoms with Gasteiger partial charge >= 0.3 is 0 Å². The Kier molecular flexibility index (Phi) is 5.03. The first-order chi connectivity index (χ1) is 9.02. The molecule has 1 amide bonds. The van der Waals surface area contributed by atoms with E-state index >= 15 is 0 Å². The van der Waals surface area contributed by atoms with E-state index in [1.807, 2.05) is 5.38 Å². The topological polar surface area (TPSA) is 49.3 Å². The lowest BCUT2D eigenvalue weighted by Crippen LogP contribution is -2.45. The maximum atomic E-state index is 11.9. The number of rotatable bonds is 4. The monoisotopic (exact) mass is 345 g/mol. The van der Waals surface area contributed by atoms with E-state index in [1.165, 1.54) is 17.8 Å². The Morgan fingerprint density at radius 2 is 2.26 bits per heavy atom. The third-order valence-electron chi connectivity index (χ3n) is 4.02. The molecule has 1 saturated carbocycles. The molecule has 5 heteroatoms. The molecule has 0 atom stereocenters. The number of halogens is 1. The van der Waals surface area contributed by atoms with Gasteiger partial charge in [-0.15, -0.1) is 11.3 Å². The molecular weight excluding hydrogens is 326 g/mol. The number of thiophene rings is 1. The zero-order chi connectivity index (χ0) is 13.9. The molecule has 1 aliphatic rings. The Bertz CT molecular complexity index is 438. The van der Waals surface area contributed by atoms with Gasteiger partial charge in [-0.2, -0.15) is 0 Å². The standard InChI is InChI=1S/C14H20BrNO2S/c1-2-10-3-5-14(18,6-4-10)9-16-13(17)11-7-12(15)19-8-11/h7-8,10,18H,2-6,9H2,1H3,(H,16,17). The summed E-state index contributed by atoms with van der Waals surface area (Å²) in [6.45, 7) is 2.56. The highest BCUT2D eigenvalue weighted by Gasteiger charge is 2.32. The Morgan fingerprint density at radius 1 is 1.58 bits per heavy atom. The van der Waals surface area contributed by atoms with Gasteiger partial charge in [0, 0.05) is 11.9 Å². The average molecular weight is 346 g/mol. The zero-order valence-corrected chi connectivity index (χ0v) is 13.5. The molecule has 2 N–H and O–H groups in total. The molecule has 0 bridgehead atoms. The number of hydrogen-bond acceptors (Lipinski definition) is 3. The molecule has 1 heterocycles.